The number of hydrogen-bond donors (Lipinski definition) is 0. The first-order valence-electron chi connectivity index (χ1n) is 15.3. The highest BCUT2D eigenvalue weighted by Crippen LogP contribution is 2.21. The summed E-state index contributed by atoms with van der Waals surface area (Å²) in [4.78, 5) is 18.5. The monoisotopic (exact) mass is 565 g/mol. The van der Waals surface area contributed by atoms with E-state index in [1.807, 2.05) is 6.26 Å². The lowest BCUT2D eigenvalue weighted by Gasteiger charge is -2.32. The van der Waals surface area contributed by atoms with Crippen LogP contribution in [0.4, 0.5) is 0 Å². The number of piperazine rings is 1. The molecule has 1 aromatic rings. The van der Waals surface area contributed by atoms with E-state index >= 15 is 0 Å². The number of unbranched alkanes of at least 4 members (excludes halogenated alkanes) is 12. The van der Waals surface area contributed by atoms with Gasteiger partial charge in [0.15, 0.2) is 10.3 Å². The van der Waals surface area contributed by atoms with Crippen LogP contribution in [-0.4, -0.2) is 83.1 Å². The van der Waals surface area contributed by atoms with Crippen molar-refractivity contribution < 1.29 is 4.74 Å². The molecule has 6 nitrogen and oxygen atoms in total. The van der Waals surface area contributed by atoms with Crippen LogP contribution in [-0.2, 0) is 0 Å². The predicted octanol–water partition coefficient (Wildman–Crippen LogP) is 7.74. The topological polar surface area (TPSA) is 54.4 Å². The highest BCUT2D eigenvalue weighted by atomic mass is 32.2. The van der Waals surface area contributed by atoms with Crippen molar-refractivity contribution in [1.82, 2.24) is 24.8 Å². The molecule has 0 amide bonds. The summed E-state index contributed by atoms with van der Waals surface area (Å²) in [5, 5.41) is 1.55. The highest BCUT2D eigenvalue weighted by molar-refractivity contribution is 7.99. The van der Waals surface area contributed by atoms with Gasteiger partial charge in [0.25, 0.3) is 0 Å². The summed E-state index contributed by atoms with van der Waals surface area (Å²) in [5.74, 6) is 1.06. The maximum Gasteiger partial charge on any atom is 0.321 e. The molecular formula is C30H55N5OS2. The van der Waals surface area contributed by atoms with Crippen molar-refractivity contribution in [1.29, 1.82) is 0 Å². The molecule has 0 aliphatic carbocycles. The van der Waals surface area contributed by atoms with Crippen LogP contribution in [0.3, 0.4) is 0 Å². The first kappa shape index (κ1) is 33.4. The molecule has 2 heterocycles. The number of ether oxygens (including phenoxy) is 1. The lowest BCUT2D eigenvalue weighted by atomic mass is 10.1. The minimum atomic E-state index is 0.478. The fraction of sp³-hybridized carbons (Fsp3) is 0.833. The molecule has 0 spiro atoms. The third-order valence-electron chi connectivity index (χ3n) is 7.09. The summed E-state index contributed by atoms with van der Waals surface area (Å²) in [6.07, 6.45) is 26.6. The Hall–Kier alpha value is -0.830. The molecule has 0 bridgehead atoms. The molecule has 1 aliphatic heterocycles. The second-order valence-corrected chi connectivity index (χ2v) is 12.4. The first-order chi connectivity index (χ1) is 18.7. The summed E-state index contributed by atoms with van der Waals surface area (Å²) in [6, 6.07) is 0.478. The van der Waals surface area contributed by atoms with Gasteiger partial charge in [-0.3, -0.25) is 0 Å². The number of nitrogens with zero attached hydrogens (tertiary/aromatic N) is 5. The van der Waals surface area contributed by atoms with Crippen LogP contribution in [0.5, 0.6) is 6.01 Å². The fourth-order valence-electron chi connectivity index (χ4n) is 4.58. The Morgan fingerprint density at radius 1 is 0.737 bits per heavy atom. The van der Waals surface area contributed by atoms with Crippen LogP contribution >= 0.6 is 23.5 Å². The van der Waals surface area contributed by atoms with E-state index in [1.165, 1.54) is 89.9 Å². The van der Waals surface area contributed by atoms with Crippen molar-refractivity contribution in [3.63, 3.8) is 0 Å². The van der Waals surface area contributed by atoms with Gasteiger partial charge in [-0.15, -0.1) is 0 Å². The zero-order chi connectivity index (χ0) is 27.1. The van der Waals surface area contributed by atoms with Crippen molar-refractivity contribution in [2.75, 3.05) is 58.4 Å². The van der Waals surface area contributed by atoms with E-state index in [4.69, 9.17) is 4.74 Å². The SMILES string of the molecule is CCCCCCCC/C=C\CCCCCCCCSc1nc(OCCCN2CCN(C)CC2)nc(SC)n1. The molecule has 1 saturated heterocycles. The Balaban J connectivity index is 1.46. The minimum absolute atomic E-state index is 0.478. The van der Waals surface area contributed by atoms with Crippen LogP contribution in [0, 0.1) is 0 Å². The number of thioether (sulfide) groups is 2. The van der Waals surface area contributed by atoms with Gasteiger partial charge in [-0.2, -0.15) is 15.0 Å². The summed E-state index contributed by atoms with van der Waals surface area (Å²) >= 11 is 3.29. The van der Waals surface area contributed by atoms with E-state index in [0.717, 1.165) is 55.2 Å². The van der Waals surface area contributed by atoms with Gasteiger partial charge in [0, 0.05) is 38.5 Å². The van der Waals surface area contributed by atoms with Gasteiger partial charge in [-0.05, 0) is 51.8 Å². The summed E-state index contributed by atoms with van der Waals surface area (Å²) < 4.78 is 5.91. The zero-order valence-electron chi connectivity index (χ0n) is 24.7. The summed E-state index contributed by atoms with van der Waals surface area (Å²) in [5.41, 5.74) is 0. The number of aromatic nitrogens is 3. The van der Waals surface area contributed by atoms with Crippen molar-refractivity contribution in [3.8, 4) is 6.01 Å². The Labute approximate surface area is 242 Å². The van der Waals surface area contributed by atoms with Gasteiger partial charge in [0.05, 0.1) is 6.61 Å². The summed E-state index contributed by atoms with van der Waals surface area (Å²) in [7, 11) is 2.19. The van der Waals surface area contributed by atoms with Crippen LogP contribution in [0.15, 0.2) is 22.5 Å². The first-order valence-corrected chi connectivity index (χ1v) is 17.5. The average Bonchev–Trinajstić information content (AvgIpc) is 2.93. The average molecular weight is 566 g/mol. The number of allylic oxidation sites excluding steroid dienone is 2. The van der Waals surface area contributed by atoms with Gasteiger partial charge < -0.3 is 14.5 Å². The van der Waals surface area contributed by atoms with Crippen LogP contribution in [0.2, 0.25) is 0 Å². The number of rotatable bonds is 23. The van der Waals surface area contributed by atoms with E-state index in [1.54, 1.807) is 23.5 Å². The third kappa shape index (κ3) is 17.0. The maximum absolute atomic E-state index is 5.91. The van der Waals surface area contributed by atoms with Crippen molar-refractivity contribution in [2.45, 2.75) is 114 Å². The summed E-state index contributed by atoms with van der Waals surface area (Å²) in [6.45, 7) is 8.62. The van der Waals surface area contributed by atoms with Gasteiger partial charge in [0.2, 0.25) is 0 Å². The zero-order valence-corrected chi connectivity index (χ0v) is 26.3. The van der Waals surface area contributed by atoms with E-state index in [2.05, 4.69) is 50.9 Å². The quantitative estimate of drug-likeness (QED) is 0.0759. The Kier molecular flexibility index (Phi) is 20.1. The largest absolute Gasteiger partial charge is 0.463 e. The molecule has 0 unspecified atom stereocenters. The number of likely N-dealkylation sites (N-methyl/N-ethyl adjacent to an activating group) is 1. The molecule has 0 saturated carbocycles. The van der Waals surface area contributed by atoms with E-state index in [-0.39, 0.29) is 0 Å². The molecule has 1 fully saturated rings. The molecule has 2 rings (SSSR count). The Bertz CT molecular complexity index is 729. The lowest BCUT2D eigenvalue weighted by molar-refractivity contribution is 0.144. The van der Waals surface area contributed by atoms with Gasteiger partial charge >= 0.3 is 6.01 Å². The minimum Gasteiger partial charge on any atom is -0.463 e. The standard InChI is InChI=1S/C30H55N5OS2/c1-4-5-6-7-8-9-10-11-12-13-14-15-16-17-18-19-27-38-30-32-28(31-29(33-30)37-3)36-26-20-21-35-24-22-34(2)23-25-35/h11-12H,4-10,13-27H2,1-3H3/b12-11-. The van der Waals surface area contributed by atoms with Crippen molar-refractivity contribution >= 4 is 23.5 Å². The van der Waals surface area contributed by atoms with Crippen LogP contribution < -0.4 is 4.74 Å². The molecule has 38 heavy (non-hydrogen) atoms. The normalized spacial score (nSPS) is 15.0. The van der Waals surface area contributed by atoms with Gasteiger partial charge in [-0.25, -0.2) is 0 Å². The molecule has 0 radical (unpaired) electrons. The molecule has 8 heteroatoms. The van der Waals surface area contributed by atoms with Gasteiger partial charge in [-0.1, -0.05) is 100 Å². The molecule has 218 valence electrons. The molecular weight excluding hydrogens is 510 g/mol. The predicted molar refractivity (Wildman–Crippen MR) is 166 cm³/mol. The molecule has 1 aliphatic rings. The van der Waals surface area contributed by atoms with Crippen molar-refractivity contribution in [2.24, 2.45) is 0 Å². The van der Waals surface area contributed by atoms with Crippen molar-refractivity contribution in [3.05, 3.63) is 12.2 Å². The van der Waals surface area contributed by atoms with E-state index in [0.29, 0.717) is 12.6 Å². The Morgan fingerprint density at radius 2 is 1.34 bits per heavy atom. The van der Waals surface area contributed by atoms with E-state index < -0.39 is 0 Å². The second-order valence-electron chi connectivity index (χ2n) is 10.5. The second kappa shape index (κ2) is 22.9. The molecule has 1 aromatic heterocycles. The number of hydrogen-bond acceptors (Lipinski definition) is 8. The molecule has 0 atom stereocenters. The van der Waals surface area contributed by atoms with Gasteiger partial charge in [0.1, 0.15) is 0 Å². The van der Waals surface area contributed by atoms with Crippen LogP contribution in [0.1, 0.15) is 103 Å². The third-order valence-corrected chi connectivity index (χ3v) is 8.57. The van der Waals surface area contributed by atoms with Crippen LogP contribution in [0.25, 0.3) is 0 Å². The Morgan fingerprint density at radius 3 is 2.00 bits per heavy atom. The fourth-order valence-corrected chi connectivity index (χ4v) is 5.81. The lowest BCUT2D eigenvalue weighted by Crippen LogP contribution is -2.44. The molecule has 0 N–H and O–H groups in total. The molecule has 0 aromatic carbocycles. The smallest absolute Gasteiger partial charge is 0.321 e. The maximum atomic E-state index is 5.91. The highest BCUT2D eigenvalue weighted by Gasteiger charge is 2.13. The van der Waals surface area contributed by atoms with E-state index in [9.17, 15) is 0 Å².